The van der Waals surface area contributed by atoms with Crippen LogP contribution >= 0.6 is 0 Å². The molecule has 1 aromatic carbocycles. The van der Waals surface area contributed by atoms with E-state index in [0.717, 1.165) is 5.56 Å². The molecule has 0 saturated heterocycles. The van der Waals surface area contributed by atoms with E-state index in [1.54, 1.807) is 0 Å². The zero-order valence-corrected chi connectivity index (χ0v) is 9.19. The number of hydrogen-bond donors (Lipinski definition) is 0. The molecule has 1 rings (SSSR count). The fourth-order valence-corrected chi connectivity index (χ4v) is 1.36. The first kappa shape index (κ1) is 11.6. The summed E-state index contributed by atoms with van der Waals surface area (Å²) in [5, 5.41) is 0. The van der Waals surface area contributed by atoms with Gasteiger partial charge < -0.3 is 0 Å². The molecule has 80 valence electrons. The highest BCUT2D eigenvalue weighted by atomic mass is 16.2. The van der Waals surface area contributed by atoms with Crippen molar-refractivity contribution in [3.63, 3.8) is 0 Å². The largest absolute Gasteiger partial charge is 0.291 e. The van der Waals surface area contributed by atoms with Gasteiger partial charge in [0.25, 0.3) is 0 Å². The third kappa shape index (κ3) is 4.07. The summed E-state index contributed by atoms with van der Waals surface area (Å²) in [5.41, 5.74) is 0.902. The quantitative estimate of drug-likeness (QED) is 0.690. The van der Waals surface area contributed by atoms with Crippen LogP contribution in [0.5, 0.6) is 0 Å². The van der Waals surface area contributed by atoms with Crippen LogP contribution in [0.2, 0.25) is 0 Å². The Hall–Kier alpha value is -1.44. The predicted molar refractivity (Wildman–Crippen MR) is 59.6 cm³/mol. The second kappa shape index (κ2) is 5.44. The van der Waals surface area contributed by atoms with Crippen LogP contribution in [0.15, 0.2) is 30.3 Å². The molecule has 0 bridgehead atoms. The highest BCUT2D eigenvalue weighted by Crippen LogP contribution is 2.05. The number of Topliss-reactive ketones (excluding diaryl/α,β-unsaturated/α-hetero) is 2. The number of carbonyl (C=O) groups excluding carboxylic acids is 2. The lowest BCUT2D eigenvalue weighted by atomic mass is 10.00. The molecule has 0 aliphatic heterocycles. The van der Waals surface area contributed by atoms with Gasteiger partial charge in [-0.1, -0.05) is 44.2 Å². The molecule has 15 heavy (non-hydrogen) atoms. The molecule has 0 radical (unpaired) electrons. The van der Waals surface area contributed by atoms with E-state index in [-0.39, 0.29) is 23.9 Å². The summed E-state index contributed by atoms with van der Waals surface area (Å²) in [5.74, 6) is -0.291. The molecule has 1 aromatic rings. The van der Waals surface area contributed by atoms with Crippen LogP contribution in [0.3, 0.4) is 0 Å². The number of ketones is 2. The molecule has 0 unspecified atom stereocenters. The number of rotatable bonds is 5. The lowest BCUT2D eigenvalue weighted by Crippen LogP contribution is -2.18. The minimum atomic E-state index is -0.282. The lowest BCUT2D eigenvalue weighted by Gasteiger charge is -2.03. The summed E-state index contributed by atoms with van der Waals surface area (Å²) in [4.78, 5) is 22.9. The Morgan fingerprint density at radius 1 is 1.07 bits per heavy atom. The van der Waals surface area contributed by atoms with Crippen molar-refractivity contribution >= 4 is 11.6 Å². The maximum atomic E-state index is 11.5. The van der Waals surface area contributed by atoms with Crippen molar-refractivity contribution in [2.75, 3.05) is 0 Å². The molecule has 0 spiro atoms. The first-order chi connectivity index (χ1) is 7.09. The molecule has 0 N–H and O–H groups in total. The zero-order chi connectivity index (χ0) is 11.3. The molecule has 0 heterocycles. The van der Waals surface area contributed by atoms with Crippen molar-refractivity contribution in [3.05, 3.63) is 35.9 Å². The van der Waals surface area contributed by atoms with Gasteiger partial charge in [0.1, 0.15) is 0 Å². The smallest absolute Gasteiger partial charge is 0.202 e. The zero-order valence-electron chi connectivity index (χ0n) is 9.19. The summed E-state index contributed by atoms with van der Waals surface area (Å²) in [6.45, 7) is 3.88. The molecule has 0 aromatic heterocycles. The van der Waals surface area contributed by atoms with E-state index in [9.17, 15) is 9.59 Å². The van der Waals surface area contributed by atoms with Gasteiger partial charge in [0.15, 0.2) is 5.78 Å². The van der Waals surface area contributed by atoms with E-state index >= 15 is 0 Å². The Balaban J connectivity index is 2.53. The molecule has 0 amide bonds. The molecule has 0 atom stereocenters. The Bertz CT molecular complexity index is 339. The van der Waals surface area contributed by atoms with Gasteiger partial charge >= 0.3 is 0 Å². The second-order valence-corrected chi connectivity index (χ2v) is 4.11. The van der Waals surface area contributed by atoms with E-state index in [1.165, 1.54) is 0 Å². The molecule has 0 fully saturated rings. The Morgan fingerprint density at radius 3 is 2.20 bits per heavy atom. The Kier molecular flexibility index (Phi) is 4.22. The molecular weight excluding hydrogens is 188 g/mol. The third-order valence-corrected chi connectivity index (χ3v) is 2.11. The van der Waals surface area contributed by atoms with Crippen LogP contribution in [-0.2, 0) is 16.0 Å². The molecular formula is C13H16O2. The molecule has 2 nitrogen and oxygen atoms in total. The predicted octanol–water partition coefficient (Wildman–Crippen LogP) is 2.41. The van der Waals surface area contributed by atoms with Gasteiger partial charge in [0.05, 0.1) is 0 Å². The van der Waals surface area contributed by atoms with Gasteiger partial charge in [-0.2, -0.15) is 0 Å². The van der Waals surface area contributed by atoms with Gasteiger partial charge in [0, 0.05) is 12.8 Å². The molecule has 0 saturated carbocycles. The van der Waals surface area contributed by atoms with Crippen LogP contribution in [0.25, 0.3) is 0 Å². The summed E-state index contributed by atoms with van der Waals surface area (Å²) in [6.07, 6.45) is 0.581. The van der Waals surface area contributed by atoms with E-state index in [1.807, 2.05) is 44.2 Å². The van der Waals surface area contributed by atoms with Gasteiger partial charge in [-0.15, -0.1) is 0 Å². The van der Waals surface area contributed by atoms with E-state index in [4.69, 9.17) is 0 Å². The summed E-state index contributed by atoms with van der Waals surface area (Å²) >= 11 is 0. The van der Waals surface area contributed by atoms with E-state index in [0.29, 0.717) is 6.42 Å². The average molecular weight is 204 g/mol. The minimum Gasteiger partial charge on any atom is -0.291 e. The Labute approximate surface area is 90.3 Å². The summed E-state index contributed by atoms with van der Waals surface area (Å²) < 4.78 is 0. The highest BCUT2D eigenvalue weighted by molar-refractivity contribution is 6.37. The summed E-state index contributed by atoms with van der Waals surface area (Å²) in [6, 6.07) is 9.36. The summed E-state index contributed by atoms with van der Waals surface area (Å²) in [7, 11) is 0. The highest BCUT2D eigenvalue weighted by Gasteiger charge is 2.15. The van der Waals surface area contributed by atoms with Gasteiger partial charge in [0.2, 0.25) is 5.78 Å². The number of hydrogen-bond acceptors (Lipinski definition) is 2. The first-order valence-corrected chi connectivity index (χ1v) is 5.19. The Morgan fingerprint density at radius 2 is 1.67 bits per heavy atom. The van der Waals surface area contributed by atoms with E-state index in [2.05, 4.69) is 0 Å². The SMILES string of the molecule is CC(C)CC(=O)C(=O)Cc1ccccc1. The fraction of sp³-hybridized carbons (Fsp3) is 0.385. The topological polar surface area (TPSA) is 34.1 Å². The molecule has 0 aliphatic rings. The maximum Gasteiger partial charge on any atom is 0.202 e. The van der Waals surface area contributed by atoms with E-state index < -0.39 is 0 Å². The van der Waals surface area contributed by atoms with Gasteiger partial charge in [-0.25, -0.2) is 0 Å². The van der Waals surface area contributed by atoms with Crippen LogP contribution in [-0.4, -0.2) is 11.6 Å². The normalized spacial score (nSPS) is 10.3. The maximum absolute atomic E-state index is 11.5. The monoisotopic (exact) mass is 204 g/mol. The van der Waals surface area contributed by atoms with Crippen molar-refractivity contribution in [2.45, 2.75) is 26.7 Å². The second-order valence-electron chi connectivity index (χ2n) is 4.11. The number of benzene rings is 1. The lowest BCUT2D eigenvalue weighted by molar-refractivity contribution is -0.136. The van der Waals surface area contributed by atoms with Crippen LogP contribution < -0.4 is 0 Å². The first-order valence-electron chi connectivity index (χ1n) is 5.19. The third-order valence-electron chi connectivity index (χ3n) is 2.11. The van der Waals surface area contributed by atoms with Crippen molar-refractivity contribution in [3.8, 4) is 0 Å². The standard InChI is InChI=1S/C13H16O2/c1-10(2)8-12(14)13(15)9-11-6-4-3-5-7-11/h3-7,10H,8-9H2,1-2H3. The van der Waals surface area contributed by atoms with Crippen LogP contribution in [0, 0.1) is 5.92 Å². The molecule has 2 heteroatoms. The van der Waals surface area contributed by atoms with Crippen molar-refractivity contribution < 1.29 is 9.59 Å². The van der Waals surface area contributed by atoms with Crippen LogP contribution in [0.4, 0.5) is 0 Å². The average Bonchev–Trinajstić information content (AvgIpc) is 2.18. The van der Waals surface area contributed by atoms with Crippen molar-refractivity contribution in [1.29, 1.82) is 0 Å². The van der Waals surface area contributed by atoms with Crippen LogP contribution in [0.1, 0.15) is 25.8 Å². The molecule has 0 aliphatic carbocycles. The number of carbonyl (C=O) groups is 2. The minimum absolute atomic E-state index is 0.229. The van der Waals surface area contributed by atoms with Crippen molar-refractivity contribution in [1.82, 2.24) is 0 Å². The fourth-order valence-electron chi connectivity index (χ4n) is 1.36. The van der Waals surface area contributed by atoms with Crippen molar-refractivity contribution in [2.24, 2.45) is 5.92 Å². The van der Waals surface area contributed by atoms with Gasteiger partial charge in [-0.05, 0) is 11.5 Å². The van der Waals surface area contributed by atoms with Gasteiger partial charge in [-0.3, -0.25) is 9.59 Å².